The Hall–Kier alpha value is -2.43. The minimum absolute atomic E-state index is 0.0522. The van der Waals surface area contributed by atoms with Gasteiger partial charge in [0.1, 0.15) is 11.6 Å². The molecular weight excluding hydrogens is 554 g/mol. The molecule has 3 fully saturated rings. The van der Waals surface area contributed by atoms with Crippen LogP contribution in [0.3, 0.4) is 0 Å². The third-order valence-corrected chi connectivity index (χ3v) is 9.08. The number of carboxylic acid groups (broad SMARTS) is 1. The molecule has 0 aromatic heterocycles. The molecule has 2 bridgehead atoms. The fraction of sp³-hybridized carbons (Fsp3) is 0.607. The summed E-state index contributed by atoms with van der Waals surface area (Å²) in [5.74, 6) is -3.65. The largest absolute Gasteiger partial charge is 0.481 e. The number of hydrogen-bond donors (Lipinski definition) is 2. The number of carbonyl (C=O) groups is 3. The highest BCUT2D eigenvalue weighted by Gasteiger charge is 2.76. The van der Waals surface area contributed by atoms with Crippen LogP contribution in [0.15, 0.2) is 36.9 Å². The number of carboxylic acids is 1. The summed E-state index contributed by atoms with van der Waals surface area (Å²) < 4.78 is 6.37. The molecule has 3 aliphatic rings. The number of carbonyl (C=O) groups excluding carboxylic acids is 2. The number of alkyl halides is 1. The number of amides is 2. The Morgan fingerprint density at radius 2 is 1.84 bits per heavy atom. The van der Waals surface area contributed by atoms with E-state index < -0.39 is 35.6 Å². The van der Waals surface area contributed by atoms with Gasteiger partial charge in [0.05, 0.1) is 17.9 Å². The average molecular weight is 593 g/mol. The minimum Gasteiger partial charge on any atom is -0.481 e. The molecule has 3 heterocycles. The number of aliphatic hydroxyl groups is 1. The van der Waals surface area contributed by atoms with Crippen LogP contribution >= 0.6 is 15.9 Å². The lowest BCUT2D eigenvalue weighted by Gasteiger charge is -2.37. The maximum atomic E-state index is 14.4. The number of halogens is 1. The number of benzene rings is 1. The van der Waals surface area contributed by atoms with Gasteiger partial charge in [0.15, 0.2) is 0 Å². The maximum absolute atomic E-state index is 14.4. The van der Waals surface area contributed by atoms with Gasteiger partial charge in [-0.3, -0.25) is 14.4 Å². The van der Waals surface area contributed by atoms with Crippen LogP contribution in [0.4, 0.5) is 11.4 Å². The van der Waals surface area contributed by atoms with E-state index in [-0.39, 0.29) is 29.8 Å². The molecule has 0 radical (unpaired) electrons. The van der Waals surface area contributed by atoms with E-state index in [1.807, 2.05) is 24.3 Å². The molecule has 3 saturated heterocycles. The number of aliphatic hydroxyl groups excluding tert-OH is 1. The number of hydrogen-bond acceptors (Lipinski definition) is 6. The first kappa shape index (κ1) is 28.6. The summed E-state index contributed by atoms with van der Waals surface area (Å²) in [5, 5.41) is 19.2. The van der Waals surface area contributed by atoms with Crippen molar-refractivity contribution in [3.63, 3.8) is 0 Å². The van der Waals surface area contributed by atoms with Crippen molar-refractivity contribution in [2.24, 2.45) is 11.8 Å². The van der Waals surface area contributed by atoms with Crippen molar-refractivity contribution in [1.29, 1.82) is 0 Å². The SMILES string of the molecule is C=CCN(C(=O)C1N(CCCCCO)C(=O)[C@@H]2[C@H](C(=O)O)[C@H]3OC12CC3Br)c1ccc(N(CC)CC)cc1. The van der Waals surface area contributed by atoms with Gasteiger partial charge in [-0.05, 0) is 63.8 Å². The summed E-state index contributed by atoms with van der Waals surface area (Å²) in [6, 6.07) is 6.79. The topological polar surface area (TPSA) is 111 Å². The third kappa shape index (κ3) is 4.75. The second-order valence-electron chi connectivity index (χ2n) is 10.2. The predicted octanol–water partition coefficient (Wildman–Crippen LogP) is 3.05. The number of aliphatic carboxylic acids is 1. The molecule has 2 N–H and O–H groups in total. The standard InChI is InChI=1S/C28H38BrN3O6/c1-4-14-31(19-12-10-18(11-13-19)30(5-2)6-3)26(35)24-28-17-20(29)23(38-28)21(27(36)37)22(28)25(34)32(24)15-8-7-9-16-33/h4,10-13,20-24,33H,1,5-9,14-17H2,2-3H3,(H,36,37)/t20?,21-,22-,23-,24?,28?/m0/s1. The van der Waals surface area contributed by atoms with E-state index in [0.29, 0.717) is 37.9 Å². The molecule has 0 saturated carbocycles. The van der Waals surface area contributed by atoms with Gasteiger partial charge in [-0.2, -0.15) is 0 Å². The van der Waals surface area contributed by atoms with Gasteiger partial charge in [-0.15, -0.1) is 6.58 Å². The highest BCUT2D eigenvalue weighted by Crippen LogP contribution is 2.60. The van der Waals surface area contributed by atoms with Gasteiger partial charge < -0.3 is 29.6 Å². The van der Waals surface area contributed by atoms with E-state index in [4.69, 9.17) is 4.74 Å². The summed E-state index contributed by atoms with van der Waals surface area (Å²) in [4.78, 5) is 45.6. The summed E-state index contributed by atoms with van der Waals surface area (Å²) in [5.41, 5.74) is 0.512. The first-order valence-electron chi connectivity index (χ1n) is 13.5. The highest BCUT2D eigenvalue weighted by molar-refractivity contribution is 9.09. The maximum Gasteiger partial charge on any atom is 0.310 e. The number of likely N-dealkylation sites (tertiary alicyclic amines) is 1. The first-order chi connectivity index (χ1) is 18.2. The molecule has 9 nitrogen and oxygen atoms in total. The van der Waals surface area contributed by atoms with Gasteiger partial charge >= 0.3 is 5.97 Å². The molecule has 3 aliphatic heterocycles. The molecular formula is C28H38BrN3O6. The molecule has 1 aromatic rings. The number of unbranched alkanes of at least 4 members (excludes halogenated alkanes) is 2. The van der Waals surface area contributed by atoms with Crippen molar-refractivity contribution in [3.8, 4) is 0 Å². The fourth-order valence-electron chi connectivity index (χ4n) is 6.53. The molecule has 10 heteroatoms. The van der Waals surface area contributed by atoms with Gasteiger partial charge in [0.2, 0.25) is 5.91 Å². The van der Waals surface area contributed by atoms with Crippen molar-refractivity contribution in [2.45, 2.75) is 62.1 Å². The molecule has 3 unspecified atom stereocenters. The lowest BCUT2D eigenvalue weighted by atomic mass is 9.70. The van der Waals surface area contributed by atoms with Crippen LogP contribution in [0.2, 0.25) is 0 Å². The van der Waals surface area contributed by atoms with Crippen molar-refractivity contribution in [1.82, 2.24) is 4.90 Å². The molecule has 2 amide bonds. The predicted molar refractivity (Wildman–Crippen MR) is 149 cm³/mol. The Morgan fingerprint density at radius 3 is 2.42 bits per heavy atom. The fourth-order valence-corrected chi connectivity index (χ4v) is 7.48. The van der Waals surface area contributed by atoms with Crippen molar-refractivity contribution in [2.75, 3.05) is 42.6 Å². The van der Waals surface area contributed by atoms with Crippen molar-refractivity contribution < 1.29 is 29.3 Å². The van der Waals surface area contributed by atoms with E-state index in [1.165, 1.54) is 0 Å². The molecule has 208 valence electrons. The van der Waals surface area contributed by atoms with E-state index in [0.717, 1.165) is 18.8 Å². The molecule has 0 aliphatic carbocycles. The number of fused-ring (bicyclic) bond motifs is 1. The van der Waals surface area contributed by atoms with Gasteiger partial charge in [0, 0.05) is 49.0 Å². The van der Waals surface area contributed by atoms with Gasteiger partial charge in [-0.1, -0.05) is 22.0 Å². The quantitative estimate of drug-likeness (QED) is 0.206. The normalized spacial score (nSPS) is 29.4. The van der Waals surface area contributed by atoms with Gasteiger partial charge in [-0.25, -0.2) is 0 Å². The number of anilines is 2. The van der Waals surface area contributed by atoms with E-state index >= 15 is 0 Å². The third-order valence-electron chi connectivity index (χ3n) is 8.23. The molecule has 4 rings (SSSR count). The number of nitrogens with zero attached hydrogens (tertiary/aromatic N) is 3. The zero-order valence-electron chi connectivity index (χ0n) is 22.1. The summed E-state index contributed by atoms with van der Waals surface area (Å²) >= 11 is 3.58. The van der Waals surface area contributed by atoms with E-state index in [9.17, 15) is 24.6 Å². The molecule has 38 heavy (non-hydrogen) atoms. The Balaban J connectivity index is 1.72. The van der Waals surface area contributed by atoms with Crippen LogP contribution < -0.4 is 9.80 Å². The smallest absolute Gasteiger partial charge is 0.310 e. The summed E-state index contributed by atoms with van der Waals surface area (Å²) in [6.07, 6.45) is 3.23. The van der Waals surface area contributed by atoms with E-state index in [1.54, 1.807) is 15.9 Å². The lowest BCUT2D eigenvalue weighted by Crippen LogP contribution is -2.57. The monoisotopic (exact) mass is 591 g/mol. The zero-order valence-corrected chi connectivity index (χ0v) is 23.7. The second-order valence-corrected chi connectivity index (χ2v) is 11.4. The molecule has 1 aromatic carbocycles. The highest BCUT2D eigenvalue weighted by atomic mass is 79.9. The summed E-state index contributed by atoms with van der Waals surface area (Å²) in [7, 11) is 0. The zero-order chi connectivity index (χ0) is 27.6. The Morgan fingerprint density at radius 1 is 1.18 bits per heavy atom. The molecule has 6 atom stereocenters. The van der Waals surface area contributed by atoms with Crippen LogP contribution in [0.5, 0.6) is 0 Å². The lowest BCUT2D eigenvalue weighted by molar-refractivity contribution is -0.149. The Kier molecular flexibility index (Phi) is 8.84. The second kappa shape index (κ2) is 11.8. The molecule has 1 spiro atoms. The van der Waals surface area contributed by atoms with Crippen LogP contribution in [0, 0.1) is 11.8 Å². The van der Waals surface area contributed by atoms with Crippen LogP contribution in [0.1, 0.15) is 39.5 Å². The summed E-state index contributed by atoms with van der Waals surface area (Å²) in [6.45, 7) is 10.3. The van der Waals surface area contributed by atoms with E-state index in [2.05, 4.69) is 41.3 Å². The minimum atomic E-state index is -1.21. The van der Waals surface area contributed by atoms with Gasteiger partial charge in [0.25, 0.3) is 5.91 Å². The van der Waals surface area contributed by atoms with Crippen LogP contribution in [0.25, 0.3) is 0 Å². The number of rotatable bonds is 13. The van der Waals surface area contributed by atoms with Crippen molar-refractivity contribution in [3.05, 3.63) is 36.9 Å². The Bertz CT molecular complexity index is 1050. The van der Waals surface area contributed by atoms with Crippen LogP contribution in [-0.4, -0.2) is 88.3 Å². The first-order valence-corrected chi connectivity index (χ1v) is 14.4. The van der Waals surface area contributed by atoms with Crippen LogP contribution in [-0.2, 0) is 19.1 Å². The Labute approximate surface area is 232 Å². The van der Waals surface area contributed by atoms with Crippen molar-refractivity contribution >= 4 is 45.1 Å². The average Bonchev–Trinajstić information content (AvgIpc) is 3.49. The number of ether oxygens (including phenoxy) is 1.